The summed E-state index contributed by atoms with van der Waals surface area (Å²) in [6.45, 7) is 2.85. The van der Waals surface area contributed by atoms with Crippen molar-refractivity contribution >= 4 is 5.97 Å². The summed E-state index contributed by atoms with van der Waals surface area (Å²) >= 11 is 0. The Bertz CT molecular complexity index is 479. The van der Waals surface area contributed by atoms with Gasteiger partial charge in [-0.2, -0.15) is 0 Å². The maximum absolute atomic E-state index is 11.8. The summed E-state index contributed by atoms with van der Waals surface area (Å²) in [4.78, 5) is 11.8. The minimum Gasteiger partial charge on any atom is -0.454 e. The molecule has 2 atom stereocenters. The van der Waals surface area contributed by atoms with Crippen molar-refractivity contribution in [2.24, 2.45) is 0 Å². The number of nitrogens with zero attached hydrogens (tertiary/aromatic N) is 2. The predicted molar refractivity (Wildman–Crippen MR) is 70.5 cm³/mol. The molecule has 1 aromatic heterocycles. The summed E-state index contributed by atoms with van der Waals surface area (Å²) in [5.41, 5.74) is 0. The van der Waals surface area contributed by atoms with Crippen molar-refractivity contribution in [1.82, 2.24) is 10.2 Å². The Balaban J connectivity index is 1.37. The molecule has 1 saturated carbocycles. The fraction of sp³-hybridized carbons (Fsp3) is 0.786. The summed E-state index contributed by atoms with van der Waals surface area (Å²) in [5.74, 6) is 0.940. The summed E-state index contributed by atoms with van der Waals surface area (Å²) in [6.07, 6.45) is 3.68. The van der Waals surface area contributed by atoms with Crippen molar-refractivity contribution in [2.75, 3.05) is 13.2 Å². The van der Waals surface area contributed by atoms with Crippen LogP contribution in [0.2, 0.25) is 0 Å². The van der Waals surface area contributed by atoms with Crippen LogP contribution in [-0.2, 0) is 25.6 Å². The largest absolute Gasteiger partial charge is 0.454 e. The lowest BCUT2D eigenvalue weighted by Crippen LogP contribution is -2.27. The van der Waals surface area contributed by atoms with Gasteiger partial charge in [-0.15, -0.1) is 10.2 Å². The fourth-order valence-electron chi connectivity index (χ4n) is 2.17. The summed E-state index contributed by atoms with van der Waals surface area (Å²) < 4.78 is 21.4. The van der Waals surface area contributed by atoms with Gasteiger partial charge in [0.2, 0.25) is 5.89 Å². The Hall–Kier alpha value is -1.47. The second kappa shape index (κ2) is 6.53. The number of rotatable bonds is 7. The van der Waals surface area contributed by atoms with Gasteiger partial charge in [0.05, 0.1) is 12.7 Å². The first-order chi connectivity index (χ1) is 10.2. The average molecular weight is 296 g/mol. The zero-order chi connectivity index (χ0) is 14.7. The molecular weight excluding hydrogens is 276 g/mol. The van der Waals surface area contributed by atoms with E-state index in [1.165, 1.54) is 0 Å². The van der Waals surface area contributed by atoms with Gasteiger partial charge in [-0.3, -0.25) is 0 Å². The van der Waals surface area contributed by atoms with Crippen LogP contribution in [0.15, 0.2) is 4.42 Å². The smallest absolute Gasteiger partial charge is 0.335 e. The number of ether oxygens (including phenoxy) is 3. The van der Waals surface area contributed by atoms with Gasteiger partial charge in [0.15, 0.2) is 12.7 Å². The molecule has 2 fully saturated rings. The fourth-order valence-corrected chi connectivity index (χ4v) is 2.17. The second-order valence-corrected chi connectivity index (χ2v) is 5.53. The number of aromatic nitrogens is 2. The quantitative estimate of drug-likeness (QED) is 0.706. The van der Waals surface area contributed by atoms with Crippen molar-refractivity contribution in [3.63, 3.8) is 0 Å². The van der Waals surface area contributed by atoms with E-state index in [2.05, 4.69) is 10.2 Å². The van der Waals surface area contributed by atoms with Crippen LogP contribution in [-0.4, -0.2) is 41.6 Å². The highest BCUT2D eigenvalue weighted by Crippen LogP contribution is 2.39. The van der Waals surface area contributed by atoms with Crippen molar-refractivity contribution in [2.45, 2.75) is 57.3 Å². The summed E-state index contributed by atoms with van der Waals surface area (Å²) in [5, 5.41) is 7.80. The molecule has 1 aliphatic carbocycles. The molecule has 116 valence electrons. The van der Waals surface area contributed by atoms with Crippen LogP contribution in [0.3, 0.4) is 0 Å². The highest BCUT2D eigenvalue weighted by molar-refractivity contribution is 5.74. The molecular formula is C14H20N2O5. The van der Waals surface area contributed by atoms with Crippen LogP contribution in [0, 0.1) is 0 Å². The SMILES string of the molecule is CC(OCC1CCCO1)C(=O)OCc1nnc(C2CC2)o1. The summed E-state index contributed by atoms with van der Waals surface area (Å²) in [7, 11) is 0. The molecule has 0 amide bonds. The first kappa shape index (κ1) is 14.5. The first-order valence-electron chi connectivity index (χ1n) is 7.44. The van der Waals surface area contributed by atoms with E-state index in [9.17, 15) is 4.79 Å². The Kier molecular flexibility index (Phi) is 4.50. The Morgan fingerprint density at radius 1 is 1.38 bits per heavy atom. The lowest BCUT2D eigenvalue weighted by Gasteiger charge is -2.14. The molecule has 2 unspecified atom stereocenters. The third-order valence-electron chi connectivity index (χ3n) is 3.64. The number of hydrogen-bond donors (Lipinski definition) is 0. The van der Waals surface area contributed by atoms with Crippen molar-refractivity contribution in [3.8, 4) is 0 Å². The standard InChI is InChI=1S/C14H20N2O5/c1-9(19-7-11-3-2-6-18-11)14(17)20-8-12-15-16-13(21-12)10-4-5-10/h9-11H,2-8H2,1H3. The van der Waals surface area contributed by atoms with E-state index in [1.54, 1.807) is 6.92 Å². The van der Waals surface area contributed by atoms with E-state index >= 15 is 0 Å². The maximum atomic E-state index is 11.8. The molecule has 1 saturated heterocycles. The third kappa shape index (κ3) is 4.01. The Morgan fingerprint density at radius 2 is 2.24 bits per heavy atom. The maximum Gasteiger partial charge on any atom is 0.335 e. The topological polar surface area (TPSA) is 83.7 Å². The minimum atomic E-state index is -0.625. The number of carbonyl (C=O) groups is 1. The van der Waals surface area contributed by atoms with Crippen LogP contribution < -0.4 is 0 Å². The Labute approximate surface area is 123 Å². The normalized spacial score (nSPS) is 23.2. The van der Waals surface area contributed by atoms with Crippen molar-refractivity contribution in [1.29, 1.82) is 0 Å². The molecule has 0 radical (unpaired) electrons. The lowest BCUT2D eigenvalue weighted by atomic mass is 10.2. The van der Waals surface area contributed by atoms with Crippen LogP contribution >= 0.6 is 0 Å². The average Bonchev–Trinajstić information content (AvgIpc) is 3.03. The highest BCUT2D eigenvalue weighted by Gasteiger charge is 2.29. The summed E-state index contributed by atoms with van der Waals surface area (Å²) in [6, 6.07) is 0. The zero-order valence-corrected chi connectivity index (χ0v) is 12.1. The minimum absolute atomic E-state index is 0.00776. The monoisotopic (exact) mass is 296 g/mol. The van der Waals surface area contributed by atoms with Gasteiger partial charge in [-0.25, -0.2) is 4.79 Å². The predicted octanol–water partition coefficient (Wildman–Crippen LogP) is 1.57. The Morgan fingerprint density at radius 3 is 2.95 bits per heavy atom. The van der Waals surface area contributed by atoms with Crippen LogP contribution in [0.25, 0.3) is 0 Å². The van der Waals surface area contributed by atoms with E-state index in [-0.39, 0.29) is 12.7 Å². The van der Waals surface area contributed by atoms with E-state index < -0.39 is 12.1 Å². The van der Waals surface area contributed by atoms with E-state index in [4.69, 9.17) is 18.6 Å². The molecule has 21 heavy (non-hydrogen) atoms. The molecule has 0 spiro atoms. The molecule has 7 nitrogen and oxygen atoms in total. The molecule has 1 aliphatic heterocycles. The second-order valence-electron chi connectivity index (χ2n) is 5.53. The molecule has 0 aromatic carbocycles. The van der Waals surface area contributed by atoms with Crippen molar-refractivity contribution in [3.05, 3.63) is 11.8 Å². The van der Waals surface area contributed by atoms with E-state index in [0.717, 1.165) is 32.3 Å². The third-order valence-corrected chi connectivity index (χ3v) is 3.64. The van der Waals surface area contributed by atoms with Gasteiger partial charge in [0, 0.05) is 12.5 Å². The molecule has 3 rings (SSSR count). The van der Waals surface area contributed by atoms with Gasteiger partial charge in [-0.05, 0) is 32.6 Å². The molecule has 2 aliphatic rings. The van der Waals surface area contributed by atoms with Gasteiger partial charge in [0.25, 0.3) is 5.89 Å². The van der Waals surface area contributed by atoms with Crippen molar-refractivity contribution < 1.29 is 23.4 Å². The zero-order valence-electron chi connectivity index (χ0n) is 12.1. The van der Waals surface area contributed by atoms with E-state index in [0.29, 0.717) is 24.3 Å². The lowest BCUT2D eigenvalue weighted by molar-refractivity contribution is -0.159. The van der Waals surface area contributed by atoms with Gasteiger partial charge in [-0.1, -0.05) is 0 Å². The van der Waals surface area contributed by atoms with Gasteiger partial charge < -0.3 is 18.6 Å². The highest BCUT2D eigenvalue weighted by atomic mass is 16.6. The number of hydrogen-bond acceptors (Lipinski definition) is 7. The number of esters is 1. The van der Waals surface area contributed by atoms with Crippen LogP contribution in [0.5, 0.6) is 0 Å². The number of carbonyl (C=O) groups excluding carboxylic acids is 1. The van der Waals surface area contributed by atoms with Crippen LogP contribution in [0.4, 0.5) is 0 Å². The van der Waals surface area contributed by atoms with Gasteiger partial charge in [0.1, 0.15) is 0 Å². The molecule has 2 heterocycles. The van der Waals surface area contributed by atoms with Gasteiger partial charge >= 0.3 is 5.97 Å². The molecule has 7 heteroatoms. The van der Waals surface area contributed by atoms with Crippen LogP contribution in [0.1, 0.15) is 50.3 Å². The molecule has 0 bridgehead atoms. The molecule has 1 aromatic rings. The van der Waals surface area contributed by atoms with E-state index in [1.807, 2.05) is 0 Å². The first-order valence-corrected chi connectivity index (χ1v) is 7.44. The molecule has 0 N–H and O–H groups in total.